The van der Waals surface area contributed by atoms with Crippen molar-refractivity contribution in [3.63, 3.8) is 0 Å². The first-order valence-electron chi connectivity index (χ1n) is 4.48. The molecule has 0 unspecified atom stereocenters. The van der Waals surface area contributed by atoms with Crippen LogP contribution >= 0.6 is 0 Å². The molecule has 1 aromatic carbocycles. The Morgan fingerprint density at radius 2 is 1.80 bits per heavy atom. The molecule has 0 bridgehead atoms. The summed E-state index contributed by atoms with van der Waals surface area (Å²) in [6, 6.07) is 12.1. The molecule has 0 fully saturated rings. The third-order valence-electron chi connectivity index (χ3n) is 2.05. The van der Waals surface area contributed by atoms with Crippen molar-refractivity contribution in [2.45, 2.75) is 0 Å². The average molecular weight is 201 g/mol. The fraction of sp³-hybridized carbons (Fsp3) is 0. The fourth-order valence-electron chi connectivity index (χ4n) is 1.31. The third kappa shape index (κ3) is 1.91. The van der Waals surface area contributed by atoms with Crippen molar-refractivity contribution in [3.05, 3.63) is 54.0 Å². The summed E-state index contributed by atoms with van der Waals surface area (Å²) >= 11 is 0. The van der Waals surface area contributed by atoms with Crippen LogP contribution in [0.1, 0.15) is 10.5 Å². The molecule has 0 saturated carbocycles. The molecule has 2 aromatic rings. The summed E-state index contributed by atoms with van der Waals surface area (Å²) in [4.78, 5) is 14.4. The maximum atomic E-state index is 13.0. The fourth-order valence-corrected chi connectivity index (χ4v) is 1.31. The van der Waals surface area contributed by atoms with Gasteiger partial charge in [-0.15, -0.1) is 0 Å². The van der Waals surface area contributed by atoms with Crippen LogP contribution in [-0.4, -0.2) is 11.3 Å². The standard InChI is InChI=1S/C12H8FNO/c13-10-6-7-11(14-12(10)8-15)9-4-2-1-3-5-9/h1-8H. The van der Waals surface area contributed by atoms with Crippen LogP contribution in [0.3, 0.4) is 0 Å². The molecule has 3 heteroatoms. The zero-order valence-corrected chi connectivity index (χ0v) is 7.85. The Balaban J connectivity index is 2.51. The smallest absolute Gasteiger partial charge is 0.171 e. The third-order valence-corrected chi connectivity index (χ3v) is 2.05. The second-order valence-electron chi connectivity index (χ2n) is 3.05. The van der Waals surface area contributed by atoms with E-state index in [0.717, 1.165) is 5.56 Å². The first-order valence-corrected chi connectivity index (χ1v) is 4.48. The molecule has 0 amide bonds. The molecule has 0 N–H and O–H groups in total. The van der Waals surface area contributed by atoms with E-state index in [9.17, 15) is 9.18 Å². The predicted octanol–water partition coefficient (Wildman–Crippen LogP) is 2.70. The van der Waals surface area contributed by atoms with Gasteiger partial charge in [0, 0.05) is 5.56 Å². The van der Waals surface area contributed by atoms with E-state index < -0.39 is 5.82 Å². The molecule has 0 aliphatic rings. The number of halogens is 1. The molecule has 15 heavy (non-hydrogen) atoms. The molecule has 2 nitrogen and oxygen atoms in total. The average Bonchev–Trinajstić information content (AvgIpc) is 2.31. The van der Waals surface area contributed by atoms with Crippen LogP contribution in [0.5, 0.6) is 0 Å². The number of hydrogen-bond acceptors (Lipinski definition) is 2. The van der Waals surface area contributed by atoms with Gasteiger partial charge in [-0.1, -0.05) is 30.3 Å². The Morgan fingerprint density at radius 1 is 1.07 bits per heavy atom. The normalized spacial score (nSPS) is 9.93. The van der Waals surface area contributed by atoms with Gasteiger partial charge in [-0.3, -0.25) is 4.79 Å². The van der Waals surface area contributed by atoms with Crippen molar-refractivity contribution in [1.29, 1.82) is 0 Å². The highest BCUT2D eigenvalue weighted by Gasteiger charge is 2.05. The minimum absolute atomic E-state index is 0.156. The number of hydrogen-bond donors (Lipinski definition) is 0. The molecule has 0 spiro atoms. The Hall–Kier alpha value is -2.03. The number of benzene rings is 1. The molecule has 0 saturated heterocycles. The number of carbonyl (C=O) groups excluding carboxylic acids is 1. The van der Waals surface area contributed by atoms with Gasteiger partial charge in [-0.05, 0) is 12.1 Å². The van der Waals surface area contributed by atoms with Crippen molar-refractivity contribution < 1.29 is 9.18 Å². The molecule has 74 valence electrons. The van der Waals surface area contributed by atoms with Crippen LogP contribution in [0.4, 0.5) is 4.39 Å². The van der Waals surface area contributed by atoms with Crippen molar-refractivity contribution in [2.24, 2.45) is 0 Å². The van der Waals surface area contributed by atoms with Gasteiger partial charge in [0.25, 0.3) is 0 Å². The van der Waals surface area contributed by atoms with E-state index in [4.69, 9.17) is 0 Å². The Labute approximate surface area is 86.4 Å². The number of aromatic nitrogens is 1. The molecule has 0 aliphatic heterocycles. The summed E-state index contributed by atoms with van der Waals surface area (Å²) < 4.78 is 13.0. The largest absolute Gasteiger partial charge is 0.296 e. The number of pyridine rings is 1. The highest BCUT2D eigenvalue weighted by Crippen LogP contribution is 2.17. The highest BCUT2D eigenvalue weighted by molar-refractivity contribution is 5.74. The van der Waals surface area contributed by atoms with Gasteiger partial charge in [0.1, 0.15) is 5.69 Å². The van der Waals surface area contributed by atoms with E-state index in [1.54, 1.807) is 6.07 Å². The predicted molar refractivity (Wildman–Crippen MR) is 55.0 cm³/mol. The lowest BCUT2D eigenvalue weighted by Gasteiger charge is -2.01. The van der Waals surface area contributed by atoms with E-state index in [2.05, 4.69) is 4.98 Å². The molecule has 0 atom stereocenters. The molecular formula is C12H8FNO. The summed E-state index contributed by atoms with van der Waals surface area (Å²) in [5.41, 5.74) is 1.30. The second kappa shape index (κ2) is 4.00. The van der Waals surface area contributed by atoms with Crippen molar-refractivity contribution in [2.75, 3.05) is 0 Å². The Bertz CT molecular complexity index is 482. The quantitative estimate of drug-likeness (QED) is 0.699. The zero-order valence-electron chi connectivity index (χ0n) is 7.85. The number of rotatable bonds is 2. The van der Waals surface area contributed by atoms with Gasteiger partial charge in [0.15, 0.2) is 12.1 Å². The summed E-state index contributed by atoms with van der Waals surface area (Å²) in [5.74, 6) is -0.593. The van der Waals surface area contributed by atoms with E-state index in [0.29, 0.717) is 12.0 Å². The van der Waals surface area contributed by atoms with Crippen molar-refractivity contribution in [3.8, 4) is 11.3 Å². The van der Waals surface area contributed by atoms with Crippen LogP contribution in [-0.2, 0) is 0 Å². The van der Waals surface area contributed by atoms with Crippen LogP contribution in [0.15, 0.2) is 42.5 Å². The summed E-state index contributed by atoms with van der Waals surface area (Å²) in [7, 11) is 0. The van der Waals surface area contributed by atoms with Crippen molar-refractivity contribution in [1.82, 2.24) is 4.98 Å². The zero-order chi connectivity index (χ0) is 10.7. The summed E-state index contributed by atoms with van der Waals surface area (Å²) in [6.07, 6.45) is 0.418. The molecule has 0 aliphatic carbocycles. The van der Waals surface area contributed by atoms with Crippen LogP contribution in [0, 0.1) is 5.82 Å². The maximum Gasteiger partial charge on any atom is 0.171 e. The van der Waals surface area contributed by atoms with Gasteiger partial charge in [-0.25, -0.2) is 9.37 Å². The molecule has 1 heterocycles. The highest BCUT2D eigenvalue weighted by atomic mass is 19.1. The Morgan fingerprint density at radius 3 is 2.47 bits per heavy atom. The SMILES string of the molecule is O=Cc1nc(-c2ccccc2)ccc1F. The Kier molecular flexibility index (Phi) is 2.54. The van der Waals surface area contributed by atoms with E-state index >= 15 is 0 Å². The summed E-state index contributed by atoms with van der Waals surface area (Å²) in [6.45, 7) is 0. The first kappa shape index (κ1) is 9.52. The van der Waals surface area contributed by atoms with Gasteiger partial charge in [-0.2, -0.15) is 0 Å². The second-order valence-corrected chi connectivity index (χ2v) is 3.05. The monoisotopic (exact) mass is 201 g/mol. The molecule has 2 rings (SSSR count). The van der Waals surface area contributed by atoms with Crippen LogP contribution < -0.4 is 0 Å². The minimum atomic E-state index is -0.593. The maximum absolute atomic E-state index is 13.0. The van der Waals surface area contributed by atoms with Crippen LogP contribution in [0.25, 0.3) is 11.3 Å². The van der Waals surface area contributed by atoms with E-state index in [1.807, 2.05) is 30.3 Å². The van der Waals surface area contributed by atoms with E-state index in [-0.39, 0.29) is 5.69 Å². The number of carbonyl (C=O) groups is 1. The summed E-state index contributed by atoms with van der Waals surface area (Å²) in [5, 5.41) is 0. The molecule has 1 aromatic heterocycles. The van der Waals surface area contributed by atoms with Crippen LogP contribution in [0.2, 0.25) is 0 Å². The number of nitrogens with zero attached hydrogens (tertiary/aromatic N) is 1. The van der Waals surface area contributed by atoms with Gasteiger partial charge in [0.2, 0.25) is 0 Å². The van der Waals surface area contributed by atoms with Crippen molar-refractivity contribution >= 4 is 6.29 Å². The minimum Gasteiger partial charge on any atom is -0.296 e. The van der Waals surface area contributed by atoms with Gasteiger partial charge >= 0.3 is 0 Å². The lowest BCUT2D eigenvalue weighted by atomic mass is 10.1. The first-order chi connectivity index (χ1) is 7.31. The number of aldehydes is 1. The van der Waals surface area contributed by atoms with Gasteiger partial charge in [0.05, 0.1) is 5.69 Å². The van der Waals surface area contributed by atoms with E-state index in [1.165, 1.54) is 6.07 Å². The topological polar surface area (TPSA) is 30.0 Å². The molecule has 0 radical (unpaired) electrons. The van der Waals surface area contributed by atoms with Gasteiger partial charge < -0.3 is 0 Å². The molecular weight excluding hydrogens is 193 g/mol. The lowest BCUT2D eigenvalue weighted by Crippen LogP contribution is -1.94. The lowest BCUT2D eigenvalue weighted by molar-refractivity contribution is 0.111.